The zero-order chi connectivity index (χ0) is 27.0. The van der Waals surface area contributed by atoms with Crippen molar-refractivity contribution in [3.8, 4) is 0 Å². The van der Waals surface area contributed by atoms with Gasteiger partial charge in [-0.1, -0.05) is 78.4 Å². The molecule has 1 N–H and O–H groups in total. The quantitative estimate of drug-likeness (QED) is 0.415. The van der Waals surface area contributed by atoms with E-state index >= 15 is 0 Å². The SMILES string of the molecule is CCNC(=O)[C@@H](Cc1ccccc1)N(Cc1cccc(C)c1)C(=O)CN(c1ccccc1C)S(C)(=O)=O. The first-order chi connectivity index (χ1) is 17.6. The Balaban J connectivity index is 2.05. The van der Waals surface area contributed by atoms with Crippen molar-refractivity contribution >= 4 is 27.5 Å². The molecule has 37 heavy (non-hydrogen) atoms. The van der Waals surface area contributed by atoms with Gasteiger partial charge in [0.1, 0.15) is 12.6 Å². The van der Waals surface area contributed by atoms with Crippen LogP contribution in [0.3, 0.4) is 0 Å². The first-order valence-corrected chi connectivity index (χ1v) is 14.1. The van der Waals surface area contributed by atoms with Gasteiger partial charge >= 0.3 is 0 Å². The molecule has 0 saturated heterocycles. The molecular weight excluding hydrogens is 486 g/mol. The van der Waals surface area contributed by atoms with Gasteiger partial charge in [-0.3, -0.25) is 13.9 Å². The lowest BCUT2D eigenvalue weighted by atomic mass is 10.0. The fourth-order valence-corrected chi connectivity index (χ4v) is 5.20. The molecule has 0 saturated carbocycles. The maximum atomic E-state index is 14.0. The van der Waals surface area contributed by atoms with Crippen LogP contribution >= 0.6 is 0 Å². The smallest absolute Gasteiger partial charge is 0.244 e. The molecule has 3 aromatic carbocycles. The van der Waals surface area contributed by atoms with E-state index in [0.717, 1.165) is 32.8 Å². The van der Waals surface area contributed by atoms with E-state index < -0.39 is 28.5 Å². The van der Waals surface area contributed by atoms with E-state index in [0.29, 0.717) is 18.7 Å². The Bertz CT molecular complexity index is 1330. The van der Waals surface area contributed by atoms with Crippen molar-refractivity contribution in [1.82, 2.24) is 10.2 Å². The molecule has 0 fully saturated rings. The minimum Gasteiger partial charge on any atom is -0.355 e. The monoisotopic (exact) mass is 521 g/mol. The van der Waals surface area contributed by atoms with E-state index in [1.165, 1.54) is 4.90 Å². The number of anilines is 1. The average Bonchev–Trinajstić information content (AvgIpc) is 2.85. The molecule has 0 radical (unpaired) electrons. The lowest BCUT2D eigenvalue weighted by molar-refractivity contribution is -0.140. The maximum absolute atomic E-state index is 14.0. The van der Waals surface area contributed by atoms with Crippen LogP contribution in [-0.2, 0) is 32.6 Å². The zero-order valence-corrected chi connectivity index (χ0v) is 22.7. The lowest BCUT2D eigenvalue weighted by Gasteiger charge is -2.33. The molecule has 1 atom stereocenters. The number of benzene rings is 3. The molecule has 0 spiro atoms. The Hall–Kier alpha value is -3.65. The Morgan fingerprint density at radius 1 is 0.892 bits per heavy atom. The van der Waals surface area contributed by atoms with Crippen molar-refractivity contribution in [2.24, 2.45) is 0 Å². The van der Waals surface area contributed by atoms with Crippen LogP contribution in [0.4, 0.5) is 5.69 Å². The second kappa shape index (κ2) is 12.5. The molecular formula is C29H35N3O4S. The van der Waals surface area contributed by atoms with Crippen molar-refractivity contribution in [1.29, 1.82) is 0 Å². The summed E-state index contributed by atoms with van der Waals surface area (Å²) in [5.41, 5.74) is 3.96. The van der Waals surface area contributed by atoms with Gasteiger partial charge < -0.3 is 10.2 Å². The van der Waals surface area contributed by atoms with Crippen LogP contribution < -0.4 is 9.62 Å². The van der Waals surface area contributed by atoms with E-state index in [2.05, 4.69) is 5.32 Å². The van der Waals surface area contributed by atoms with Gasteiger partial charge in [-0.05, 0) is 43.5 Å². The van der Waals surface area contributed by atoms with Gasteiger partial charge in [-0.2, -0.15) is 0 Å². The minimum absolute atomic E-state index is 0.167. The summed E-state index contributed by atoms with van der Waals surface area (Å²) in [6.45, 7) is 5.75. The highest BCUT2D eigenvalue weighted by Crippen LogP contribution is 2.23. The number of carbonyl (C=O) groups excluding carboxylic acids is 2. The van der Waals surface area contributed by atoms with Gasteiger partial charge in [-0.25, -0.2) is 8.42 Å². The predicted octanol–water partition coefficient (Wildman–Crippen LogP) is 3.85. The Kier molecular flexibility index (Phi) is 9.47. The van der Waals surface area contributed by atoms with E-state index in [9.17, 15) is 18.0 Å². The third-order valence-corrected chi connectivity index (χ3v) is 7.25. The number of hydrogen-bond donors (Lipinski definition) is 1. The molecule has 2 amide bonds. The highest BCUT2D eigenvalue weighted by Gasteiger charge is 2.33. The number of nitrogens with one attached hydrogen (secondary N) is 1. The van der Waals surface area contributed by atoms with Gasteiger partial charge in [0, 0.05) is 19.5 Å². The van der Waals surface area contributed by atoms with Crippen LogP contribution in [-0.4, -0.2) is 50.5 Å². The number of para-hydroxylation sites is 1. The van der Waals surface area contributed by atoms with E-state index in [1.54, 1.807) is 25.1 Å². The number of nitrogens with zero attached hydrogens (tertiary/aromatic N) is 2. The summed E-state index contributed by atoms with van der Waals surface area (Å²) >= 11 is 0. The van der Waals surface area contributed by atoms with Crippen LogP contribution in [0.25, 0.3) is 0 Å². The number of aryl methyl sites for hydroxylation is 2. The summed E-state index contributed by atoms with van der Waals surface area (Å²) in [5.74, 6) is -0.739. The molecule has 3 aromatic rings. The molecule has 3 rings (SSSR count). The largest absolute Gasteiger partial charge is 0.355 e. The van der Waals surface area contributed by atoms with E-state index in [4.69, 9.17) is 0 Å². The van der Waals surface area contributed by atoms with E-state index in [1.807, 2.05) is 74.5 Å². The van der Waals surface area contributed by atoms with Crippen LogP contribution in [0.15, 0.2) is 78.9 Å². The molecule has 0 bridgehead atoms. The van der Waals surface area contributed by atoms with Gasteiger partial charge in [0.2, 0.25) is 21.8 Å². The van der Waals surface area contributed by atoms with Crippen LogP contribution in [0, 0.1) is 13.8 Å². The van der Waals surface area contributed by atoms with Gasteiger partial charge in [-0.15, -0.1) is 0 Å². The Morgan fingerprint density at radius 3 is 2.16 bits per heavy atom. The molecule has 0 aromatic heterocycles. The zero-order valence-electron chi connectivity index (χ0n) is 21.8. The first-order valence-electron chi connectivity index (χ1n) is 12.3. The average molecular weight is 522 g/mol. The number of amides is 2. The molecule has 7 nitrogen and oxygen atoms in total. The molecule has 8 heteroatoms. The molecule has 0 heterocycles. The van der Waals surface area contributed by atoms with Gasteiger partial charge in [0.25, 0.3) is 0 Å². The first kappa shape index (κ1) is 27.9. The molecule has 0 unspecified atom stereocenters. The third-order valence-electron chi connectivity index (χ3n) is 6.12. The topological polar surface area (TPSA) is 86.8 Å². The summed E-state index contributed by atoms with van der Waals surface area (Å²) < 4.78 is 26.8. The van der Waals surface area contributed by atoms with E-state index in [-0.39, 0.29) is 12.5 Å². The lowest BCUT2D eigenvalue weighted by Crippen LogP contribution is -2.53. The van der Waals surface area contributed by atoms with Crippen molar-refractivity contribution < 1.29 is 18.0 Å². The number of rotatable bonds is 11. The van der Waals surface area contributed by atoms with Crippen molar-refractivity contribution in [2.45, 2.75) is 39.8 Å². The summed E-state index contributed by atoms with van der Waals surface area (Å²) in [6.07, 6.45) is 1.39. The summed E-state index contributed by atoms with van der Waals surface area (Å²) in [5, 5.41) is 2.86. The molecule has 0 aliphatic carbocycles. The minimum atomic E-state index is -3.78. The fraction of sp³-hybridized carbons (Fsp3) is 0.310. The number of hydrogen-bond acceptors (Lipinski definition) is 4. The standard InChI is InChI=1S/C29H35N3O4S/c1-5-30-29(34)27(19-24-14-7-6-8-15-24)31(20-25-16-11-12-22(2)18-25)28(33)21-32(37(4,35)36)26-17-10-9-13-23(26)3/h6-18,27H,5,19-21H2,1-4H3,(H,30,34)/t27-/m1/s1. The van der Waals surface area contributed by atoms with Crippen molar-refractivity contribution in [3.63, 3.8) is 0 Å². The van der Waals surface area contributed by atoms with Crippen LogP contribution in [0.5, 0.6) is 0 Å². The van der Waals surface area contributed by atoms with Gasteiger partial charge in [0.05, 0.1) is 11.9 Å². The molecule has 196 valence electrons. The maximum Gasteiger partial charge on any atom is 0.244 e. The predicted molar refractivity (Wildman–Crippen MR) is 148 cm³/mol. The van der Waals surface area contributed by atoms with Crippen LogP contribution in [0.1, 0.15) is 29.2 Å². The number of carbonyl (C=O) groups is 2. The highest BCUT2D eigenvalue weighted by atomic mass is 32.2. The number of likely N-dealkylation sites (N-methyl/N-ethyl adjacent to an activating group) is 1. The second-order valence-electron chi connectivity index (χ2n) is 9.17. The number of sulfonamides is 1. The summed E-state index contributed by atoms with van der Waals surface area (Å²) in [7, 11) is -3.78. The summed E-state index contributed by atoms with van der Waals surface area (Å²) in [4.78, 5) is 28.8. The van der Waals surface area contributed by atoms with Crippen molar-refractivity contribution in [2.75, 3.05) is 23.7 Å². The Morgan fingerprint density at radius 2 is 1.54 bits per heavy atom. The molecule has 0 aliphatic heterocycles. The third kappa shape index (κ3) is 7.67. The summed E-state index contributed by atoms with van der Waals surface area (Å²) in [6, 6.07) is 23.4. The highest BCUT2D eigenvalue weighted by molar-refractivity contribution is 7.92. The normalized spacial score (nSPS) is 12.0. The van der Waals surface area contributed by atoms with Gasteiger partial charge in [0.15, 0.2) is 0 Å². The van der Waals surface area contributed by atoms with Crippen molar-refractivity contribution in [3.05, 3.63) is 101 Å². The fourth-order valence-electron chi connectivity index (χ4n) is 4.29. The Labute approximate surface area is 220 Å². The second-order valence-corrected chi connectivity index (χ2v) is 11.1. The molecule has 0 aliphatic rings. The van der Waals surface area contributed by atoms with Crippen LogP contribution in [0.2, 0.25) is 0 Å².